The van der Waals surface area contributed by atoms with Crippen molar-refractivity contribution in [1.82, 2.24) is 4.90 Å². The fraction of sp³-hybridized carbons (Fsp3) is 1.00. The molecule has 1 saturated heterocycles. The van der Waals surface area contributed by atoms with E-state index in [1.165, 1.54) is 32.1 Å². The molecule has 4 heteroatoms. The van der Waals surface area contributed by atoms with Crippen LogP contribution in [0.25, 0.3) is 0 Å². The molecule has 0 aromatic rings. The number of nitrogens with zero attached hydrogens (tertiary/aromatic N) is 1. The van der Waals surface area contributed by atoms with Gasteiger partial charge < -0.3 is 10.5 Å². The van der Waals surface area contributed by atoms with E-state index < -0.39 is 0 Å². The average molecular weight is 249 g/mol. The molecule has 1 aliphatic heterocycles. The van der Waals surface area contributed by atoms with Crippen LogP contribution in [0.1, 0.15) is 32.1 Å². The fourth-order valence-electron chi connectivity index (χ4n) is 2.86. The molecule has 1 aliphatic carbocycles. The van der Waals surface area contributed by atoms with Crippen LogP contribution in [0.5, 0.6) is 0 Å². The number of hydrogen-bond acceptors (Lipinski definition) is 3. The highest BCUT2D eigenvalue weighted by Crippen LogP contribution is 2.36. The Hall–Kier alpha value is 0.170. The number of likely N-dealkylation sites (N-methyl/N-ethyl adjacent to an activating group) is 1. The topological polar surface area (TPSA) is 38.5 Å². The highest BCUT2D eigenvalue weighted by molar-refractivity contribution is 5.85. The van der Waals surface area contributed by atoms with Gasteiger partial charge in [-0.15, -0.1) is 12.4 Å². The Morgan fingerprint density at radius 3 is 2.56 bits per heavy atom. The van der Waals surface area contributed by atoms with Crippen LogP contribution in [0, 0.1) is 5.92 Å². The van der Waals surface area contributed by atoms with Gasteiger partial charge in [-0.05, 0) is 45.1 Å². The minimum absolute atomic E-state index is 0. The maximum Gasteiger partial charge on any atom is 0.0506 e. The predicted molar refractivity (Wildman–Crippen MR) is 69.1 cm³/mol. The van der Waals surface area contributed by atoms with Gasteiger partial charge in [-0.2, -0.15) is 0 Å². The second kappa shape index (κ2) is 6.20. The molecule has 0 bridgehead atoms. The summed E-state index contributed by atoms with van der Waals surface area (Å²) in [4.78, 5) is 2.50. The lowest BCUT2D eigenvalue weighted by Gasteiger charge is -2.49. The van der Waals surface area contributed by atoms with Crippen LogP contribution in [-0.4, -0.2) is 43.8 Å². The monoisotopic (exact) mass is 248 g/mol. The third-order valence-corrected chi connectivity index (χ3v) is 4.26. The van der Waals surface area contributed by atoms with Crippen molar-refractivity contribution < 1.29 is 4.74 Å². The van der Waals surface area contributed by atoms with E-state index >= 15 is 0 Å². The van der Waals surface area contributed by atoms with E-state index in [4.69, 9.17) is 10.5 Å². The SMILES string of the molecule is CN(CC1CCCOC1)C1(CN)CCC1.Cl. The number of rotatable bonds is 4. The second-order valence-electron chi connectivity index (χ2n) is 5.25. The van der Waals surface area contributed by atoms with Crippen molar-refractivity contribution in [2.75, 3.05) is 33.4 Å². The minimum Gasteiger partial charge on any atom is -0.381 e. The van der Waals surface area contributed by atoms with Crippen molar-refractivity contribution in [3.63, 3.8) is 0 Å². The molecular weight excluding hydrogens is 224 g/mol. The van der Waals surface area contributed by atoms with Gasteiger partial charge in [-0.1, -0.05) is 0 Å². The van der Waals surface area contributed by atoms with E-state index in [0.717, 1.165) is 32.2 Å². The highest BCUT2D eigenvalue weighted by Gasteiger charge is 2.39. The van der Waals surface area contributed by atoms with Crippen LogP contribution in [-0.2, 0) is 4.74 Å². The standard InChI is InChI=1S/C12H24N2O.ClH/c1-14(12(10-13)5-3-6-12)8-11-4-2-7-15-9-11;/h11H,2-10,13H2,1H3;1H. The Balaban J connectivity index is 0.00000128. The molecule has 0 amide bonds. The van der Waals surface area contributed by atoms with E-state index in [2.05, 4.69) is 11.9 Å². The summed E-state index contributed by atoms with van der Waals surface area (Å²) in [6, 6.07) is 0. The molecule has 0 aromatic heterocycles. The van der Waals surface area contributed by atoms with Crippen LogP contribution < -0.4 is 5.73 Å². The van der Waals surface area contributed by atoms with Gasteiger partial charge in [0.2, 0.25) is 0 Å². The quantitative estimate of drug-likeness (QED) is 0.822. The van der Waals surface area contributed by atoms with Gasteiger partial charge in [0.25, 0.3) is 0 Å². The summed E-state index contributed by atoms with van der Waals surface area (Å²) < 4.78 is 5.52. The first-order chi connectivity index (χ1) is 7.27. The first kappa shape index (κ1) is 14.2. The lowest BCUT2D eigenvalue weighted by molar-refractivity contribution is -0.00489. The summed E-state index contributed by atoms with van der Waals surface area (Å²) in [6.07, 6.45) is 6.48. The summed E-state index contributed by atoms with van der Waals surface area (Å²) in [6.45, 7) is 3.89. The van der Waals surface area contributed by atoms with Crippen molar-refractivity contribution in [2.45, 2.75) is 37.6 Å². The normalized spacial score (nSPS) is 28.3. The molecule has 1 heterocycles. The van der Waals surface area contributed by atoms with Gasteiger partial charge in [-0.3, -0.25) is 4.90 Å². The van der Waals surface area contributed by atoms with E-state index in [9.17, 15) is 0 Å². The van der Waals surface area contributed by atoms with Gasteiger partial charge in [0, 0.05) is 25.2 Å². The minimum atomic E-state index is 0. The van der Waals surface area contributed by atoms with E-state index in [1.807, 2.05) is 0 Å². The summed E-state index contributed by atoms with van der Waals surface area (Å²) in [5.41, 5.74) is 6.23. The Morgan fingerprint density at radius 2 is 2.12 bits per heavy atom. The average Bonchev–Trinajstić information content (AvgIpc) is 2.18. The molecular formula is C12H25ClN2O. The van der Waals surface area contributed by atoms with Crippen molar-refractivity contribution in [1.29, 1.82) is 0 Å². The second-order valence-corrected chi connectivity index (χ2v) is 5.25. The molecule has 0 spiro atoms. The fourth-order valence-corrected chi connectivity index (χ4v) is 2.86. The van der Waals surface area contributed by atoms with E-state index in [1.54, 1.807) is 0 Å². The van der Waals surface area contributed by atoms with Crippen LogP contribution >= 0.6 is 12.4 Å². The summed E-state index contributed by atoms with van der Waals surface area (Å²) in [5, 5.41) is 0. The van der Waals surface area contributed by atoms with Gasteiger partial charge in [-0.25, -0.2) is 0 Å². The zero-order chi connectivity index (χ0) is 10.7. The molecule has 96 valence electrons. The maximum atomic E-state index is 5.90. The number of hydrogen-bond donors (Lipinski definition) is 1. The Bertz CT molecular complexity index is 198. The van der Waals surface area contributed by atoms with Gasteiger partial charge in [0.15, 0.2) is 0 Å². The third-order valence-electron chi connectivity index (χ3n) is 4.26. The van der Waals surface area contributed by atoms with Crippen LogP contribution in [0.2, 0.25) is 0 Å². The van der Waals surface area contributed by atoms with Gasteiger partial charge >= 0.3 is 0 Å². The Morgan fingerprint density at radius 1 is 1.38 bits per heavy atom. The molecule has 2 fully saturated rings. The molecule has 2 aliphatic rings. The molecule has 0 radical (unpaired) electrons. The molecule has 1 atom stereocenters. The Kier molecular flexibility index (Phi) is 5.51. The lowest BCUT2D eigenvalue weighted by Crippen LogP contribution is -2.58. The molecule has 0 aromatic carbocycles. The van der Waals surface area contributed by atoms with Crippen molar-refractivity contribution >= 4 is 12.4 Å². The van der Waals surface area contributed by atoms with E-state index in [-0.39, 0.29) is 12.4 Å². The molecule has 16 heavy (non-hydrogen) atoms. The zero-order valence-electron chi connectivity index (χ0n) is 10.3. The first-order valence-corrected chi connectivity index (χ1v) is 6.26. The van der Waals surface area contributed by atoms with Crippen LogP contribution in [0.4, 0.5) is 0 Å². The summed E-state index contributed by atoms with van der Waals surface area (Å²) >= 11 is 0. The zero-order valence-corrected chi connectivity index (χ0v) is 11.1. The van der Waals surface area contributed by atoms with Crippen molar-refractivity contribution in [2.24, 2.45) is 11.7 Å². The maximum absolute atomic E-state index is 5.90. The van der Waals surface area contributed by atoms with Crippen molar-refractivity contribution in [3.05, 3.63) is 0 Å². The Labute approximate surface area is 105 Å². The van der Waals surface area contributed by atoms with Gasteiger partial charge in [0.1, 0.15) is 0 Å². The molecule has 1 unspecified atom stereocenters. The molecule has 1 saturated carbocycles. The first-order valence-electron chi connectivity index (χ1n) is 6.26. The summed E-state index contributed by atoms with van der Waals surface area (Å²) in [7, 11) is 2.24. The van der Waals surface area contributed by atoms with Crippen LogP contribution in [0.15, 0.2) is 0 Å². The lowest BCUT2D eigenvalue weighted by atomic mass is 9.75. The van der Waals surface area contributed by atoms with E-state index in [0.29, 0.717) is 5.54 Å². The molecule has 2 rings (SSSR count). The molecule has 3 nitrogen and oxygen atoms in total. The predicted octanol–water partition coefficient (Wildman–Crippen LogP) is 1.65. The van der Waals surface area contributed by atoms with Crippen LogP contribution in [0.3, 0.4) is 0 Å². The number of ether oxygens (including phenoxy) is 1. The largest absolute Gasteiger partial charge is 0.381 e. The third kappa shape index (κ3) is 2.89. The smallest absolute Gasteiger partial charge is 0.0506 e. The van der Waals surface area contributed by atoms with Crippen molar-refractivity contribution in [3.8, 4) is 0 Å². The van der Waals surface area contributed by atoms with Gasteiger partial charge in [0.05, 0.1) is 6.61 Å². The highest BCUT2D eigenvalue weighted by atomic mass is 35.5. The number of nitrogens with two attached hydrogens (primary N) is 1. The summed E-state index contributed by atoms with van der Waals surface area (Å²) in [5.74, 6) is 0.729. The molecule has 2 N–H and O–H groups in total. The number of halogens is 1.